The van der Waals surface area contributed by atoms with Crippen molar-refractivity contribution < 1.29 is 9.84 Å². The van der Waals surface area contributed by atoms with Crippen LogP contribution in [0.1, 0.15) is 30.9 Å². The van der Waals surface area contributed by atoms with Crippen LogP contribution in [0.3, 0.4) is 0 Å². The van der Waals surface area contributed by atoms with E-state index in [9.17, 15) is 0 Å². The Morgan fingerprint density at radius 2 is 2.12 bits per heavy atom. The van der Waals surface area contributed by atoms with Crippen LogP contribution in [-0.4, -0.2) is 25.5 Å². The molecule has 0 spiro atoms. The summed E-state index contributed by atoms with van der Waals surface area (Å²) in [4.78, 5) is 0. The molecule has 3 heteroatoms. The predicted octanol–water partition coefficient (Wildman–Crippen LogP) is 1.90. The van der Waals surface area contributed by atoms with Crippen LogP contribution in [0, 0.1) is 0 Å². The minimum Gasteiger partial charge on any atom is -0.496 e. The van der Waals surface area contributed by atoms with Gasteiger partial charge in [0.05, 0.1) is 13.8 Å². The van der Waals surface area contributed by atoms with Gasteiger partial charge in [0.1, 0.15) is 5.75 Å². The minimum atomic E-state index is 0.0202. The molecule has 0 radical (unpaired) electrons. The normalized spacial score (nSPS) is 10.8. The van der Waals surface area contributed by atoms with Crippen molar-refractivity contribution >= 4 is 0 Å². The van der Waals surface area contributed by atoms with Gasteiger partial charge in [-0.3, -0.25) is 5.32 Å². The summed E-state index contributed by atoms with van der Waals surface area (Å²) in [5.41, 5.74) is 2.46. The van der Waals surface area contributed by atoms with Gasteiger partial charge in [0.15, 0.2) is 0 Å². The summed E-state index contributed by atoms with van der Waals surface area (Å²) in [6, 6.07) is 6.34. The molecular formula is C13H21NO2. The maximum atomic E-state index is 8.65. The van der Waals surface area contributed by atoms with Crippen molar-refractivity contribution in [3.8, 4) is 5.75 Å². The number of hydrogen-bond acceptors (Lipinski definition) is 3. The molecule has 1 rings (SSSR count). The number of ether oxygens (including phenoxy) is 1. The van der Waals surface area contributed by atoms with Crippen molar-refractivity contribution in [2.24, 2.45) is 0 Å². The fourth-order valence-electron chi connectivity index (χ4n) is 1.63. The van der Waals surface area contributed by atoms with Gasteiger partial charge in [0.25, 0.3) is 0 Å². The fraction of sp³-hybridized carbons (Fsp3) is 0.538. The van der Waals surface area contributed by atoms with E-state index in [0.717, 1.165) is 18.7 Å². The maximum Gasteiger partial charge on any atom is 0.122 e. The summed E-state index contributed by atoms with van der Waals surface area (Å²) in [6.45, 7) is 5.11. The van der Waals surface area contributed by atoms with Crippen LogP contribution in [0.25, 0.3) is 0 Å². The van der Waals surface area contributed by atoms with E-state index in [1.807, 2.05) is 0 Å². The van der Waals surface area contributed by atoms with Gasteiger partial charge >= 0.3 is 0 Å². The number of rotatable bonds is 6. The van der Waals surface area contributed by atoms with Crippen LogP contribution in [0.2, 0.25) is 0 Å². The van der Waals surface area contributed by atoms with E-state index in [-0.39, 0.29) is 6.73 Å². The Hall–Kier alpha value is -1.06. The second-order valence-corrected chi connectivity index (χ2v) is 4.13. The largest absolute Gasteiger partial charge is 0.496 e. The molecule has 3 nitrogen and oxygen atoms in total. The van der Waals surface area contributed by atoms with Gasteiger partial charge in [-0.25, -0.2) is 0 Å². The van der Waals surface area contributed by atoms with Gasteiger partial charge in [-0.05, 0) is 29.5 Å². The Morgan fingerprint density at radius 3 is 2.69 bits per heavy atom. The first kappa shape index (κ1) is 13.0. The molecule has 0 heterocycles. The molecule has 0 aromatic heterocycles. The lowest BCUT2D eigenvalue weighted by molar-refractivity contribution is 0.261. The lowest BCUT2D eigenvalue weighted by atomic mass is 10.00. The van der Waals surface area contributed by atoms with Crippen LogP contribution in [0.4, 0.5) is 0 Å². The number of benzene rings is 1. The van der Waals surface area contributed by atoms with Crippen molar-refractivity contribution in [3.63, 3.8) is 0 Å². The van der Waals surface area contributed by atoms with E-state index in [0.29, 0.717) is 5.92 Å². The minimum absolute atomic E-state index is 0.0202. The highest BCUT2D eigenvalue weighted by molar-refractivity contribution is 5.38. The van der Waals surface area contributed by atoms with E-state index in [4.69, 9.17) is 9.84 Å². The van der Waals surface area contributed by atoms with Gasteiger partial charge in [0, 0.05) is 6.54 Å². The Bertz CT molecular complexity index is 324. The van der Waals surface area contributed by atoms with Crippen molar-refractivity contribution in [2.75, 3.05) is 20.4 Å². The first-order valence-electron chi connectivity index (χ1n) is 5.67. The molecular weight excluding hydrogens is 202 g/mol. The van der Waals surface area contributed by atoms with E-state index >= 15 is 0 Å². The van der Waals surface area contributed by atoms with Gasteiger partial charge in [-0.1, -0.05) is 26.0 Å². The first-order chi connectivity index (χ1) is 7.69. The van der Waals surface area contributed by atoms with Crippen molar-refractivity contribution in [3.05, 3.63) is 29.3 Å². The Balaban J connectivity index is 2.76. The molecule has 0 aliphatic rings. The van der Waals surface area contributed by atoms with Gasteiger partial charge < -0.3 is 9.84 Å². The molecule has 16 heavy (non-hydrogen) atoms. The van der Waals surface area contributed by atoms with E-state index < -0.39 is 0 Å². The first-order valence-corrected chi connectivity index (χ1v) is 5.67. The van der Waals surface area contributed by atoms with Crippen molar-refractivity contribution in [1.29, 1.82) is 0 Å². The molecule has 0 fully saturated rings. The highest BCUT2D eigenvalue weighted by Crippen LogP contribution is 2.24. The molecule has 0 aliphatic carbocycles. The molecule has 1 aromatic carbocycles. The molecule has 0 saturated carbocycles. The summed E-state index contributed by atoms with van der Waals surface area (Å²) < 4.78 is 5.38. The summed E-state index contributed by atoms with van der Waals surface area (Å²) in [5, 5.41) is 11.5. The maximum absolute atomic E-state index is 8.65. The topological polar surface area (TPSA) is 41.5 Å². The Kier molecular flexibility index (Phi) is 5.29. The number of aliphatic hydroxyl groups is 1. The molecule has 0 unspecified atom stereocenters. The average molecular weight is 223 g/mol. The monoisotopic (exact) mass is 223 g/mol. The van der Waals surface area contributed by atoms with Crippen LogP contribution < -0.4 is 10.1 Å². The fourth-order valence-corrected chi connectivity index (χ4v) is 1.63. The highest BCUT2D eigenvalue weighted by atomic mass is 16.5. The molecule has 0 aliphatic heterocycles. The lowest BCUT2D eigenvalue weighted by Crippen LogP contribution is -2.18. The van der Waals surface area contributed by atoms with Crippen molar-refractivity contribution in [1.82, 2.24) is 5.32 Å². The number of methoxy groups -OCH3 is 1. The number of nitrogens with one attached hydrogen (secondary N) is 1. The van der Waals surface area contributed by atoms with Crippen LogP contribution in [0.5, 0.6) is 5.75 Å². The summed E-state index contributed by atoms with van der Waals surface area (Å²) in [6.07, 6.45) is 0.863. The van der Waals surface area contributed by atoms with Crippen molar-refractivity contribution in [2.45, 2.75) is 26.2 Å². The molecule has 90 valence electrons. The third-order valence-electron chi connectivity index (χ3n) is 2.66. The lowest BCUT2D eigenvalue weighted by Gasteiger charge is -2.12. The Morgan fingerprint density at radius 1 is 1.38 bits per heavy atom. The molecule has 2 N–H and O–H groups in total. The summed E-state index contributed by atoms with van der Waals surface area (Å²) >= 11 is 0. The third kappa shape index (κ3) is 3.51. The van der Waals surface area contributed by atoms with Gasteiger partial charge in [0.2, 0.25) is 0 Å². The number of aliphatic hydroxyl groups excluding tert-OH is 1. The molecule has 1 aromatic rings. The summed E-state index contributed by atoms with van der Waals surface area (Å²) in [7, 11) is 1.70. The zero-order valence-electron chi connectivity index (χ0n) is 10.3. The van der Waals surface area contributed by atoms with Crippen LogP contribution in [-0.2, 0) is 6.42 Å². The second kappa shape index (κ2) is 6.51. The predicted molar refractivity (Wildman–Crippen MR) is 65.9 cm³/mol. The molecule has 0 amide bonds. The highest BCUT2D eigenvalue weighted by Gasteiger charge is 2.06. The number of hydrogen-bond donors (Lipinski definition) is 2. The SMILES string of the molecule is COc1cc(C(C)C)ccc1CCNCO. The zero-order valence-corrected chi connectivity index (χ0v) is 10.3. The van der Waals surface area contributed by atoms with E-state index in [2.05, 4.69) is 37.4 Å². The van der Waals surface area contributed by atoms with E-state index in [1.54, 1.807) is 7.11 Å². The van der Waals surface area contributed by atoms with Crippen LogP contribution >= 0.6 is 0 Å². The molecule has 0 bridgehead atoms. The van der Waals surface area contributed by atoms with Gasteiger partial charge in [-0.15, -0.1) is 0 Å². The molecule has 0 saturated heterocycles. The summed E-state index contributed by atoms with van der Waals surface area (Å²) in [5.74, 6) is 1.45. The quantitative estimate of drug-likeness (QED) is 0.571. The Labute approximate surface area is 97.4 Å². The standard InChI is InChI=1S/C13H21NO2/c1-10(2)12-5-4-11(6-7-14-9-15)13(8-12)16-3/h4-5,8,10,14-15H,6-7,9H2,1-3H3. The van der Waals surface area contributed by atoms with Gasteiger partial charge in [-0.2, -0.15) is 0 Å². The van der Waals surface area contributed by atoms with E-state index in [1.165, 1.54) is 11.1 Å². The smallest absolute Gasteiger partial charge is 0.122 e. The van der Waals surface area contributed by atoms with Crippen LogP contribution in [0.15, 0.2) is 18.2 Å². The average Bonchev–Trinajstić information content (AvgIpc) is 2.29. The third-order valence-corrected chi connectivity index (χ3v) is 2.66. The molecule has 0 atom stereocenters. The zero-order chi connectivity index (χ0) is 12.0. The second-order valence-electron chi connectivity index (χ2n) is 4.13.